The number of aromatic nitrogens is 2. The quantitative estimate of drug-likeness (QED) is 0.734. The van der Waals surface area contributed by atoms with Crippen molar-refractivity contribution in [3.05, 3.63) is 42.0 Å². The third-order valence-corrected chi connectivity index (χ3v) is 4.65. The zero-order valence-corrected chi connectivity index (χ0v) is 13.8. The molecule has 1 unspecified atom stereocenters. The number of hydrogen-bond acceptors (Lipinski definition) is 5. The van der Waals surface area contributed by atoms with Gasteiger partial charge in [0.2, 0.25) is 0 Å². The second-order valence-corrected chi connectivity index (χ2v) is 6.13. The summed E-state index contributed by atoms with van der Waals surface area (Å²) < 4.78 is 14.9. The Hall–Kier alpha value is -2.94. The average molecular weight is 363 g/mol. The number of halogens is 1. The number of aromatic hydroxyl groups is 1. The maximum Gasteiger partial charge on any atom is 0.329 e. The average Bonchev–Trinajstić information content (AvgIpc) is 3.20. The van der Waals surface area contributed by atoms with Crippen LogP contribution in [0.4, 0.5) is 4.39 Å². The molecule has 1 aliphatic heterocycles. The van der Waals surface area contributed by atoms with Crippen LogP contribution in [0.25, 0.3) is 5.69 Å². The van der Waals surface area contributed by atoms with Crippen molar-refractivity contribution in [1.82, 2.24) is 14.7 Å². The molecule has 9 heteroatoms. The smallest absolute Gasteiger partial charge is 0.329 e. The minimum absolute atomic E-state index is 0.0446. The van der Waals surface area contributed by atoms with Gasteiger partial charge in [-0.2, -0.15) is 5.10 Å². The molecule has 0 spiro atoms. The van der Waals surface area contributed by atoms with Crippen LogP contribution in [0.15, 0.2) is 30.5 Å². The summed E-state index contributed by atoms with van der Waals surface area (Å²) >= 11 is 0. The first-order valence-electron chi connectivity index (χ1n) is 8.10. The van der Waals surface area contributed by atoms with Gasteiger partial charge >= 0.3 is 5.97 Å². The predicted octanol–water partition coefficient (Wildman–Crippen LogP) is 1.16. The van der Waals surface area contributed by atoms with Crippen LogP contribution >= 0.6 is 0 Å². The van der Waals surface area contributed by atoms with Gasteiger partial charge < -0.3 is 20.2 Å². The fraction of sp³-hybridized carbons (Fsp3) is 0.353. The molecule has 138 valence electrons. The molecule has 0 bridgehead atoms. The molecule has 1 aliphatic rings. The lowest BCUT2D eigenvalue weighted by Gasteiger charge is -2.33. The van der Waals surface area contributed by atoms with Crippen molar-refractivity contribution in [2.24, 2.45) is 0 Å². The monoisotopic (exact) mass is 363 g/mol. The number of carbonyl (C=O) groups excluding carboxylic acids is 1. The molecule has 2 heterocycles. The van der Waals surface area contributed by atoms with Crippen LogP contribution in [-0.4, -0.2) is 60.6 Å². The number of hydrogen-bond donors (Lipinski definition) is 3. The van der Waals surface area contributed by atoms with Crippen molar-refractivity contribution in [2.45, 2.75) is 24.8 Å². The lowest BCUT2D eigenvalue weighted by atomic mass is 9.92. The second kappa shape index (κ2) is 6.75. The molecule has 8 nitrogen and oxygen atoms in total. The van der Waals surface area contributed by atoms with Gasteiger partial charge in [-0.25, -0.2) is 13.9 Å². The van der Waals surface area contributed by atoms with Gasteiger partial charge in [-0.15, -0.1) is 0 Å². The molecular formula is C17H18FN3O5. The molecule has 3 N–H and O–H groups in total. The molecule has 1 aromatic carbocycles. The van der Waals surface area contributed by atoms with Gasteiger partial charge in [0.1, 0.15) is 17.0 Å². The van der Waals surface area contributed by atoms with Gasteiger partial charge in [0.25, 0.3) is 5.91 Å². The summed E-state index contributed by atoms with van der Waals surface area (Å²) in [5.41, 5.74) is -1.86. The molecule has 0 radical (unpaired) electrons. The molecule has 1 fully saturated rings. The number of rotatable bonds is 5. The van der Waals surface area contributed by atoms with Gasteiger partial charge in [0.05, 0.1) is 6.20 Å². The van der Waals surface area contributed by atoms with Crippen LogP contribution in [-0.2, 0) is 4.79 Å². The van der Waals surface area contributed by atoms with Crippen LogP contribution < -0.4 is 0 Å². The largest absolute Gasteiger partial charge is 0.504 e. The summed E-state index contributed by atoms with van der Waals surface area (Å²) in [5, 5.41) is 32.9. The molecular weight excluding hydrogens is 345 g/mol. The van der Waals surface area contributed by atoms with E-state index in [2.05, 4.69) is 5.10 Å². The highest BCUT2D eigenvalue weighted by Gasteiger charge is 2.50. The Bertz CT molecular complexity index is 853. The Morgan fingerprint density at radius 1 is 1.31 bits per heavy atom. The third-order valence-electron chi connectivity index (χ3n) is 4.65. The standard InChI is InChI=1S/C17H18FN3O5/c18-11-4-1-2-5-12(11)21-10-13(23)14(19-21)15(24)20-8-3-6-17(20,7-9-22)16(25)26/h1-2,4-5,10,22-23H,3,6-9H2,(H,25,26). The Morgan fingerprint density at radius 2 is 2.04 bits per heavy atom. The van der Waals surface area contributed by atoms with E-state index in [1.165, 1.54) is 18.2 Å². The molecule has 2 aromatic rings. The van der Waals surface area contributed by atoms with Crippen molar-refractivity contribution in [1.29, 1.82) is 0 Å². The van der Waals surface area contributed by atoms with Gasteiger partial charge in [-0.05, 0) is 25.0 Å². The second-order valence-electron chi connectivity index (χ2n) is 6.13. The van der Waals surface area contributed by atoms with E-state index < -0.39 is 35.6 Å². The topological polar surface area (TPSA) is 116 Å². The van der Waals surface area contributed by atoms with E-state index in [4.69, 9.17) is 0 Å². The zero-order chi connectivity index (χ0) is 18.9. The number of carbonyl (C=O) groups is 2. The van der Waals surface area contributed by atoms with Crippen LogP contribution in [0.1, 0.15) is 29.8 Å². The first kappa shape index (κ1) is 17.9. The third kappa shape index (κ3) is 2.80. The number of aliphatic carboxylic acids is 1. The van der Waals surface area contributed by atoms with E-state index in [0.29, 0.717) is 6.42 Å². The highest BCUT2D eigenvalue weighted by atomic mass is 19.1. The summed E-state index contributed by atoms with van der Waals surface area (Å²) in [5.74, 6) is -3.06. The van der Waals surface area contributed by atoms with Gasteiger partial charge in [0, 0.05) is 19.6 Å². The maximum absolute atomic E-state index is 13.9. The van der Waals surface area contributed by atoms with E-state index in [1.54, 1.807) is 6.07 Å². The number of aliphatic hydroxyl groups excluding tert-OH is 1. The van der Waals surface area contributed by atoms with Crippen LogP contribution in [0.3, 0.4) is 0 Å². The SMILES string of the molecule is O=C(c1nn(-c2ccccc2F)cc1O)N1CCCC1(CCO)C(=O)O. The van der Waals surface area contributed by atoms with Crippen molar-refractivity contribution in [3.8, 4) is 11.4 Å². The Morgan fingerprint density at radius 3 is 2.69 bits per heavy atom. The lowest BCUT2D eigenvalue weighted by molar-refractivity contribution is -0.149. The Kier molecular flexibility index (Phi) is 4.64. The number of likely N-dealkylation sites (tertiary alicyclic amines) is 1. The summed E-state index contributed by atoms with van der Waals surface area (Å²) in [4.78, 5) is 25.7. The van der Waals surface area contributed by atoms with Crippen molar-refractivity contribution < 1.29 is 29.3 Å². The molecule has 1 amide bonds. The van der Waals surface area contributed by atoms with E-state index in [0.717, 1.165) is 15.8 Å². The van der Waals surface area contributed by atoms with Crippen LogP contribution in [0.5, 0.6) is 5.75 Å². The summed E-state index contributed by atoms with van der Waals surface area (Å²) in [6, 6.07) is 5.72. The van der Waals surface area contributed by atoms with E-state index in [9.17, 15) is 29.3 Å². The van der Waals surface area contributed by atoms with E-state index >= 15 is 0 Å². The summed E-state index contributed by atoms with van der Waals surface area (Å²) in [6.07, 6.45) is 1.62. The molecule has 3 rings (SSSR count). The summed E-state index contributed by atoms with van der Waals surface area (Å²) in [6.45, 7) is -0.233. The minimum Gasteiger partial charge on any atom is -0.504 e. The molecule has 1 atom stereocenters. The van der Waals surface area contributed by atoms with Crippen molar-refractivity contribution in [2.75, 3.05) is 13.2 Å². The Labute approximate surface area is 148 Å². The minimum atomic E-state index is -1.54. The normalized spacial score (nSPS) is 19.7. The first-order chi connectivity index (χ1) is 12.4. The van der Waals surface area contributed by atoms with E-state index in [-0.39, 0.29) is 30.8 Å². The molecule has 0 aliphatic carbocycles. The number of carboxylic acid groups (broad SMARTS) is 1. The first-order valence-corrected chi connectivity index (χ1v) is 8.10. The molecule has 26 heavy (non-hydrogen) atoms. The van der Waals surface area contributed by atoms with Gasteiger partial charge in [0.15, 0.2) is 11.4 Å². The molecule has 1 aromatic heterocycles. The fourth-order valence-corrected chi connectivity index (χ4v) is 3.35. The zero-order valence-electron chi connectivity index (χ0n) is 13.8. The number of benzene rings is 1. The van der Waals surface area contributed by atoms with Gasteiger partial charge in [-0.1, -0.05) is 12.1 Å². The fourth-order valence-electron chi connectivity index (χ4n) is 3.35. The Balaban J connectivity index is 1.98. The van der Waals surface area contributed by atoms with Crippen LogP contribution in [0, 0.1) is 5.82 Å². The number of para-hydroxylation sites is 1. The lowest BCUT2D eigenvalue weighted by Crippen LogP contribution is -2.53. The van der Waals surface area contributed by atoms with Crippen LogP contribution in [0.2, 0.25) is 0 Å². The van der Waals surface area contributed by atoms with E-state index in [1.807, 2.05) is 0 Å². The highest BCUT2D eigenvalue weighted by Crippen LogP contribution is 2.35. The van der Waals surface area contributed by atoms with Crippen molar-refractivity contribution in [3.63, 3.8) is 0 Å². The maximum atomic E-state index is 13.9. The predicted molar refractivity (Wildman–Crippen MR) is 87.5 cm³/mol. The number of amides is 1. The molecule has 0 saturated carbocycles. The summed E-state index contributed by atoms with van der Waals surface area (Å²) in [7, 11) is 0. The molecule has 1 saturated heterocycles. The van der Waals surface area contributed by atoms with Gasteiger partial charge in [-0.3, -0.25) is 4.79 Å². The number of aliphatic hydroxyl groups is 1. The number of carboxylic acids is 1. The number of nitrogens with zero attached hydrogens (tertiary/aromatic N) is 3. The van der Waals surface area contributed by atoms with Crippen molar-refractivity contribution >= 4 is 11.9 Å². The highest BCUT2D eigenvalue weighted by molar-refractivity contribution is 5.98.